The summed E-state index contributed by atoms with van der Waals surface area (Å²) in [4.78, 5) is 14.1. The molecule has 7 nitrogen and oxygen atoms in total. The van der Waals surface area contributed by atoms with E-state index in [9.17, 15) is 31.5 Å². The predicted octanol–water partition coefficient (Wildman–Crippen LogP) is 4.32. The maximum Gasteiger partial charge on any atom is 0.426 e. The van der Waals surface area contributed by atoms with E-state index in [2.05, 4.69) is 17.1 Å². The summed E-state index contributed by atoms with van der Waals surface area (Å²) < 4.78 is 64.6. The number of nitrogens with zero attached hydrogens (tertiary/aromatic N) is 1. The summed E-state index contributed by atoms with van der Waals surface area (Å²) >= 11 is 6.03. The molecule has 1 aliphatic rings. The number of alkyl halides is 3. The molecule has 3 rings (SSSR count). The highest BCUT2D eigenvalue weighted by molar-refractivity contribution is 7.91. The Morgan fingerprint density at radius 3 is 2.37 bits per heavy atom. The second-order valence-corrected chi connectivity index (χ2v) is 10.9. The van der Waals surface area contributed by atoms with Gasteiger partial charge >= 0.3 is 6.18 Å². The number of likely N-dealkylation sites (N-methyl/N-ethyl adjacent to an activating group) is 1. The van der Waals surface area contributed by atoms with Gasteiger partial charge in [-0.3, -0.25) is 9.69 Å². The van der Waals surface area contributed by atoms with Crippen LogP contribution in [0.25, 0.3) is 0 Å². The molecule has 2 aromatic carbocycles. The number of aliphatic hydroxyl groups is 1. The van der Waals surface area contributed by atoms with Gasteiger partial charge in [0.15, 0.2) is 0 Å². The average Bonchev–Trinajstić information content (AvgIpc) is 3.26. The van der Waals surface area contributed by atoms with Gasteiger partial charge in [0.05, 0.1) is 20.5 Å². The van der Waals surface area contributed by atoms with Crippen LogP contribution in [-0.4, -0.2) is 61.8 Å². The van der Waals surface area contributed by atoms with Crippen molar-refractivity contribution in [3.05, 3.63) is 47.5 Å². The molecule has 0 radical (unpaired) electrons. The minimum absolute atomic E-state index is 0.00644. The second-order valence-electron chi connectivity index (χ2n) is 8.50. The van der Waals surface area contributed by atoms with Crippen molar-refractivity contribution in [3.63, 3.8) is 0 Å². The zero-order valence-corrected chi connectivity index (χ0v) is 20.8. The van der Waals surface area contributed by atoms with Crippen molar-refractivity contribution in [2.45, 2.75) is 54.3 Å². The summed E-state index contributed by atoms with van der Waals surface area (Å²) in [5.74, 6) is -1.75. The summed E-state index contributed by atoms with van der Waals surface area (Å²) in [6.45, 7) is 5.24. The van der Waals surface area contributed by atoms with Crippen molar-refractivity contribution in [3.8, 4) is 0 Å². The lowest BCUT2D eigenvalue weighted by molar-refractivity contribution is -0.242. The molecule has 0 aliphatic carbocycles. The number of carbonyl (C=O) groups is 1. The van der Waals surface area contributed by atoms with E-state index < -0.39 is 27.5 Å². The first-order valence-corrected chi connectivity index (χ1v) is 12.9. The molecular formula is C23H27ClF3N3O4S. The van der Waals surface area contributed by atoms with Crippen molar-refractivity contribution in [2.24, 2.45) is 0 Å². The quantitative estimate of drug-likeness (QED) is 0.467. The number of nitrogens with one attached hydrogen (secondary N) is 2. The van der Waals surface area contributed by atoms with E-state index in [1.54, 1.807) is 12.1 Å². The van der Waals surface area contributed by atoms with Gasteiger partial charge in [0.25, 0.3) is 5.91 Å². The van der Waals surface area contributed by atoms with Crippen molar-refractivity contribution in [2.75, 3.05) is 30.3 Å². The molecule has 2 atom stereocenters. The number of amides is 1. The van der Waals surface area contributed by atoms with Gasteiger partial charge in [0, 0.05) is 18.3 Å². The molecule has 0 spiro atoms. The molecule has 1 aliphatic heterocycles. The number of halogens is 4. The van der Waals surface area contributed by atoms with Gasteiger partial charge in [-0.1, -0.05) is 18.5 Å². The molecule has 12 heteroatoms. The normalized spacial score (nSPS) is 18.8. The maximum atomic E-state index is 13.0. The van der Waals surface area contributed by atoms with E-state index in [1.165, 1.54) is 12.1 Å². The highest BCUT2D eigenvalue weighted by atomic mass is 35.5. The first-order valence-electron chi connectivity index (χ1n) is 11.0. The molecule has 2 unspecified atom stereocenters. The van der Waals surface area contributed by atoms with Crippen LogP contribution in [0, 0.1) is 0 Å². The lowest BCUT2D eigenvalue weighted by Crippen LogP contribution is -2.52. The van der Waals surface area contributed by atoms with Crippen LogP contribution in [0.15, 0.2) is 52.3 Å². The van der Waals surface area contributed by atoms with Crippen LogP contribution >= 0.6 is 11.6 Å². The molecule has 1 saturated heterocycles. The average molecular weight is 534 g/mol. The van der Waals surface area contributed by atoms with E-state index in [-0.39, 0.29) is 20.5 Å². The smallest absolute Gasteiger partial charge is 0.383 e. The minimum Gasteiger partial charge on any atom is -0.383 e. The van der Waals surface area contributed by atoms with E-state index in [0.29, 0.717) is 13.0 Å². The molecule has 35 heavy (non-hydrogen) atoms. The van der Waals surface area contributed by atoms with Gasteiger partial charge in [-0.25, -0.2) is 8.42 Å². The number of hydrogen-bond donors (Lipinski definition) is 3. The van der Waals surface area contributed by atoms with E-state index >= 15 is 0 Å². The van der Waals surface area contributed by atoms with Gasteiger partial charge in [0.2, 0.25) is 15.4 Å². The SMILES string of the molecule is CCN1CCCC1CNc1ccc(S(=O)(=O)c2ccc(NC(=O)C(C)(O)C(F)(F)F)c(Cl)c2)cc1. The van der Waals surface area contributed by atoms with Crippen molar-refractivity contribution in [1.29, 1.82) is 0 Å². The van der Waals surface area contributed by atoms with E-state index in [0.717, 1.165) is 56.4 Å². The summed E-state index contributed by atoms with van der Waals surface area (Å²) in [5, 5.41) is 14.4. The van der Waals surface area contributed by atoms with Gasteiger partial charge in [-0.05, 0) is 75.3 Å². The minimum atomic E-state index is -5.21. The number of hydrogen-bond acceptors (Lipinski definition) is 6. The fraction of sp³-hybridized carbons (Fsp3) is 0.435. The predicted molar refractivity (Wildman–Crippen MR) is 127 cm³/mol. The Kier molecular flexibility index (Phi) is 8.05. The Morgan fingerprint density at radius 2 is 1.80 bits per heavy atom. The Bertz CT molecular complexity index is 1170. The van der Waals surface area contributed by atoms with E-state index in [4.69, 9.17) is 11.6 Å². The molecule has 0 aromatic heterocycles. The van der Waals surface area contributed by atoms with Gasteiger partial charge in [-0.2, -0.15) is 13.2 Å². The number of sulfone groups is 1. The topological polar surface area (TPSA) is 98.7 Å². The van der Waals surface area contributed by atoms with Crippen molar-refractivity contribution in [1.82, 2.24) is 4.90 Å². The number of benzene rings is 2. The highest BCUT2D eigenvalue weighted by Gasteiger charge is 2.55. The first-order chi connectivity index (χ1) is 16.3. The standard InChI is InChI=1S/C23H27ClF3N3O4S/c1-3-30-12-4-5-16(30)14-28-15-6-8-17(9-7-15)35(33,34)18-10-11-20(19(24)13-18)29-21(31)22(2,32)23(25,26)27/h6-11,13,16,28,32H,3-5,12,14H2,1-2H3,(H,29,31). The van der Waals surface area contributed by atoms with Crippen LogP contribution in [-0.2, 0) is 14.6 Å². The monoisotopic (exact) mass is 533 g/mol. The zero-order valence-electron chi connectivity index (χ0n) is 19.2. The van der Waals surface area contributed by atoms with Gasteiger partial charge in [0.1, 0.15) is 0 Å². The van der Waals surface area contributed by atoms with Gasteiger partial charge in [-0.15, -0.1) is 0 Å². The summed E-state index contributed by atoms with van der Waals surface area (Å²) in [7, 11) is -3.98. The third-order valence-corrected chi connectivity index (χ3v) is 8.18. The van der Waals surface area contributed by atoms with Gasteiger partial charge < -0.3 is 15.7 Å². The van der Waals surface area contributed by atoms with Crippen LogP contribution in [0.4, 0.5) is 24.5 Å². The number of carbonyl (C=O) groups excluding carboxylic acids is 1. The Morgan fingerprint density at radius 1 is 1.17 bits per heavy atom. The van der Waals surface area contributed by atoms with Crippen LogP contribution in [0.2, 0.25) is 5.02 Å². The second kappa shape index (κ2) is 10.3. The van der Waals surface area contributed by atoms with Crippen LogP contribution in [0.5, 0.6) is 0 Å². The largest absolute Gasteiger partial charge is 0.426 e. The maximum absolute atomic E-state index is 13.0. The highest BCUT2D eigenvalue weighted by Crippen LogP contribution is 2.33. The lowest BCUT2D eigenvalue weighted by atomic mass is 10.1. The van der Waals surface area contributed by atoms with Crippen LogP contribution in [0.3, 0.4) is 0 Å². The third kappa shape index (κ3) is 5.91. The van der Waals surface area contributed by atoms with Crippen LogP contribution in [0.1, 0.15) is 26.7 Å². The first kappa shape index (κ1) is 27.3. The molecule has 1 heterocycles. The van der Waals surface area contributed by atoms with E-state index in [1.807, 2.05) is 5.32 Å². The number of anilines is 2. The van der Waals surface area contributed by atoms with Crippen molar-refractivity contribution >= 4 is 38.7 Å². The molecule has 0 saturated carbocycles. The molecule has 192 valence electrons. The molecule has 1 fully saturated rings. The summed E-state index contributed by atoms with van der Waals surface area (Å²) in [6, 6.07) is 9.87. The third-order valence-electron chi connectivity index (χ3n) is 6.10. The summed E-state index contributed by atoms with van der Waals surface area (Å²) in [5.41, 5.74) is -3.14. The van der Waals surface area contributed by atoms with Crippen LogP contribution < -0.4 is 10.6 Å². The zero-order chi connectivity index (χ0) is 26.0. The summed E-state index contributed by atoms with van der Waals surface area (Å²) in [6.07, 6.45) is -2.94. The Balaban J connectivity index is 1.71. The fourth-order valence-electron chi connectivity index (χ4n) is 3.80. The lowest BCUT2D eigenvalue weighted by Gasteiger charge is -2.25. The Hall–Kier alpha value is -2.34. The fourth-order valence-corrected chi connectivity index (χ4v) is 5.38. The Labute approximate surface area is 207 Å². The molecule has 2 aromatic rings. The van der Waals surface area contributed by atoms with Crippen molar-refractivity contribution < 1.29 is 31.5 Å². The molecule has 0 bridgehead atoms. The number of rotatable bonds is 8. The molecule has 1 amide bonds. The number of likely N-dealkylation sites (tertiary alicyclic amines) is 1. The molecule has 3 N–H and O–H groups in total. The molecular weight excluding hydrogens is 507 g/mol.